The number of likely N-dealkylation sites (N-methyl/N-ethyl adjacent to an activating group) is 1. The third-order valence-corrected chi connectivity index (χ3v) is 4.83. The van der Waals surface area contributed by atoms with Crippen LogP contribution < -0.4 is 0 Å². The van der Waals surface area contributed by atoms with Gasteiger partial charge in [-0.2, -0.15) is 0 Å². The lowest BCUT2D eigenvalue weighted by Gasteiger charge is -2.26. The summed E-state index contributed by atoms with van der Waals surface area (Å²) in [4.78, 5) is 16.5. The number of amides is 1. The predicted octanol–water partition coefficient (Wildman–Crippen LogP) is 1.70. The van der Waals surface area contributed by atoms with E-state index in [9.17, 15) is 9.90 Å². The third-order valence-electron chi connectivity index (χ3n) is 4.83. The highest BCUT2D eigenvalue weighted by molar-refractivity contribution is 5.94. The number of likely N-dealkylation sites (tertiary alicyclic amines) is 1. The molecule has 4 heteroatoms. The van der Waals surface area contributed by atoms with Gasteiger partial charge in [0.2, 0.25) is 0 Å². The summed E-state index contributed by atoms with van der Waals surface area (Å²) in [5, 5.41) is 10.6. The highest BCUT2D eigenvalue weighted by Gasteiger charge is 2.38. The van der Waals surface area contributed by atoms with Gasteiger partial charge in [-0.25, -0.2) is 0 Å². The fourth-order valence-electron chi connectivity index (χ4n) is 3.80. The van der Waals surface area contributed by atoms with Gasteiger partial charge >= 0.3 is 0 Å². The third kappa shape index (κ3) is 3.18. The Morgan fingerprint density at radius 2 is 2.00 bits per heavy atom. The Morgan fingerprint density at radius 1 is 1.27 bits per heavy atom. The molecule has 0 radical (unpaired) electrons. The first-order valence-corrected chi connectivity index (χ1v) is 8.25. The summed E-state index contributed by atoms with van der Waals surface area (Å²) in [5.74, 6) is 0.0584. The molecule has 1 aliphatic heterocycles. The summed E-state index contributed by atoms with van der Waals surface area (Å²) >= 11 is 0. The normalized spacial score (nSPS) is 24.6. The highest BCUT2D eigenvalue weighted by Crippen LogP contribution is 2.26. The lowest BCUT2D eigenvalue weighted by atomic mass is 9.90. The number of hydrogen-bond acceptors (Lipinski definition) is 3. The van der Waals surface area contributed by atoms with Crippen molar-refractivity contribution in [3.05, 3.63) is 34.9 Å². The van der Waals surface area contributed by atoms with Crippen molar-refractivity contribution in [2.24, 2.45) is 0 Å². The molecular weight excluding hydrogens is 276 g/mol. The van der Waals surface area contributed by atoms with E-state index >= 15 is 0 Å². The molecule has 1 unspecified atom stereocenters. The van der Waals surface area contributed by atoms with E-state index in [2.05, 4.69) is 12.1 Å². The molecule has 1 aromatic rings. The molecule has 1 atom stereocenters. The minimum absolute atomic E-state index is 0.0584. The smallest absolute Gasteiger partial charge is 0.253 e. The molecular formula is C18H26N2O2. The van der Waals surface area contributed by atoms with Crippen LogP contribution >= 0.6 is 0 Å². The van der Waals surface area contributed by atoms with E-state index in [1.54, 1.807) is 4.90 Å². The van der Waals surface area contributed by atoms with Gasteiger partial charge in [0.1, 0.15) is 0 Å². The molecule has 3 rings (SSSR count). The SMILES string of the molecule is CN(C)CC1(O)CCN(C(=O)c2ccc3c(c2)CCCC3)C1. The van der Waals surface area contributed by atoms with Crippen LogP contribution in [0, 0.1) is 0 Å². The molecule has 1 N–H and O–H groups in total. The van der Waals surface area contributed by atoms with Crippen LogP contribution in [0.1, 0.15) is 40.7 Å². The minimum atomic E-state index is -0.770. The largest absolute Gasteiger partial charge is 0.387 e. The Labute approximate surface area is 132 Å². The Morgan fingerprint density at radius 3 is 2.73 bits per heavy atom. The fraction of sp³-hybridized carbons (Fsp3) is 0.611. The summed E-state index contributed by atoms with van der Waals surface area (Å²) in [5.41, 5.74) is 2.73. The molecule has 1 fully saturated rings. The van der Waals surface area contributed by atoms with E-state index in [1.807, 2.05) is 25.1 Å². The Bertz CT molecular complexity index is 570. The first-order chi connectivity index (χ1) is 10.5. The summed E-state index contributed by atoms with van der Waals surface area (Å²) in [6.45, 7) is 1.67. The average molecular weight is 302 g/mol. The number of benzene rings is 1. The lowest BCUT2D eigenvalue weighted by Crippen LogP contribution is -2.43. The van der Waals surface area contributed by atoms with Crippen LogP contribution in [0.25, 0.3) is 0 Å². The molecule has 1 heterocycles. The van der Waals surface area contributed by atoms with Crippen molar-refractivity contribution in [1.29, 1.82) is 0 Å². The van der Waals surface area contributed by atoms with Gasteiger partial charge < -0.3 is 14.9 Å². The highest BCUT2D eigenvalue weighted by atomic mass is 16.3. The van der Waals surface area contributed by atoms with Crippen molar-refractivity contribution < 1.29 is 9.90 Å². The molecule has 0 aromatic heterocycles. The number of fused-ring (bicyclic) bond motifs is 1. The topological polar surface area (TPSA) is 43.8 Å². The van der Waals surface area contributed by atoms with Gasteiger partial charge in [0.05, 0.1) is 12.1 Å². The second-order valence-electron chi connectivity index (χ2n) is 7.13. The molecule has 1 aromatic carbocycles. The summed E-state index contributed by atoms with van der Waals surface area (Å²) in [6, 6.07) is 6.14. The number of β-amino-alcohol motifs (C(OH)–C–C–N with tert-alkyl or cyclic N) is 1. The monoisotopic (exact) mass is 302 g/mol. The first kappa shape index (κ1) is 15.5. The van der Waals surface area contributed by atoms with E-state index in [-0.39, 0.29) is 5.91 Å². The Balaban J connectivity index is 1.72. The molecule has 2 aliphatic rings. The van der Waals surface area contributed by atoms with Gasteiger partial charge in [-0.3, -0.25) is 4.79 Å². The van der Waals surface area contributed by atoms with Crippen LogP contribution in [0.3, 0.4) is 0 Å². The quantitative estimate of drug-likeness (QED) is 0.924. The summed E-state index contributed by atoms with van der Waals surface area (Å²) in [6.07, 6.45) is 5.35. The van der Waals surface area contributed by atoms with E-state index in [0.717, 1.165) is 18.4 Å². The van der Waals surface area contributed by atoms with Crippen LogP contribution in [-0.2, 0) is 12.8 Å². The first-order valence-electron chi connectivity index (χ1n) is 8.25. The predicted molar refractivity (Wildman–Crippen MR) is 87.1 cm³/mol. The van der Waals surface area contributed by atoms with Gasteiger partial charge in [0, 0.05) is 18.7 Å². The number of aryl methyl sites for hydroxylation is 2. The zero-order valence-electron chi connectivity index (χ0n) is 13.6. The van der Waals surface area contributed by atoms with Crippen LogP contribution in [-0.4, -0.2) is 60.1 Å². The van der Waals surface area contributed by atoms with Crippen LogP contribution in [0.2, 0.25) is 0 Å². The molecule has 0 saturated carbocycles. The van der Waals surface area contributed by atoms with E-state index < -0.39 is 5.60 Å². The Kier molecular flexibility index (Phi) is 4.24. The second kappa shape index (κ2) is 6.01. The van der Waals surface area contributed by atoms with Crippen molar-refractivity contribution >= 4 is 5.91 Å². The van der Waals surface area contributed by atoms with Gasteiger partial charge in [0.15, 0.2) is 0 Å². The van der Waals surface area contributed by atoms with Gasteiger partial charge in [-0.1, -0.05) is 6.07 Å². The van der Waals surface area contributed by atoms with Crippen molar-refractivity contribution in [1.82, 2.24) is 9.80 Å². The number of carbonyl (C=O) groups is 1. The molecule has 0 spiro atoms. The van der Waals surface area contributed by atoms with Crippen molar-refractivity contribution in [2.75, 3.05) is 33.7 Å². The maximum Gasteiger partial charge on any atom is 0.253 e. The van der Waals surface area contributed by atoms with E-state index in [4.69, 9.17) is 0 Å². The average Bonchev–Trinajstić information content (AvgIpc) is 2.87. The molecule has 1 saturated heterocycles. The maximum atomic E-state index is 12.7. The van der Waals surface area contributed by atoms with Crippen molar-refractivity contribution in [2.45, 2.75) is 37.7 Å². The minimum Gasteiger partial charge on any atom is -0.387 e. The number of nitrogens with zero attached hydrogens (tertiary/aromatic N) is 2. The molecule has 1 aliphatic carbocycles. The van der Waals surface area contributed by atoms with Gasteiger partial charge in [-0.05, 0) is 69.5 Å². The number of hydrogen-bond donors (Lipinski definition) is 1. The van der Waals surface area contributed by atoms with Crippen molar-refractivity contribution in [3.63, 3.8) is 0 Å². The molecule has 1 amide bonds. The molecule has 22 heavy (non-hydrogen) atoms. The lowest BCUT2D eigenvalue weighted by molar-refractivity contribution is 0.0236. The second-order valence-corrected chi connectivity index (χ2v) is 7.13. The van der Waals surface area contributed by atoms with E-state index in [1.165, 1.54) is 24.0 Å². The molecule has 4 nitrogen and oxygen atoms in total. The van der Waals surface area contributed by atoms with Gasteiger partial charge in [0.25, 0.3) is 5.91 Å². The summed E-state index contributed by atoms with van der Waals surface area (Å²) in [7, 11) is 3.90. The number of aliphatic hydroxyl groups is 1. The van der Waals surface area contributed by atoms with Crippen LogP contribution in [0.15, 0.2) is 18.2 Å². The van der Waals surface area contributed by atoms with Crippen LogP contribution in [0.4, 0.5) is 0 Å². The fourth-order valence-corrected chi connectivity index (χ4v) is 3.80. The molecule has 120 valence electrons. The standard InChI is InChI=1S/C18H26N2O2/c1-19(2)12-18(22)9-10-20(13-18)17(21)16-8-7-14-5-3-4-6-15(14)11-16/h7-8,11,22H,3-6,9-10,12-13H2,1-2H3. The maximum absolute atomic E-state index is 12.7. The van der Waals surface area contributed by atoms with Crippen molar-refractivity contribution in [3.8, 4) is 0 Å². The van der Waals surface area contributed by atoms with Gasteiger partial charge in [-0.15, -0.1) is 0 Å². The zero-order valence-corrected chi connectivity index (χ0v) is 13.6. The Hall–Kier alpha value is -1.39. The zero-order chi connectivity index (χ0) is 15.7. The van der Waals surface area contributed by atoms with Crippen LogP contribution in [0.5, 0.6) is 0 Å². The summed E-state index contributed by atoms with van der Waals surface area (Å²) < 4.78 is 0. The van der Waals surface area contributed by atoms with E-state index in [0.29, 0.717) is 26.1 Å². The molecule has 0 bridgehead atoms. The number of carbonyl (C=O) groups excluding carboxylic acids is 1. The number of rotatable bonds is 3.